The Hall–Kier alpha value is -0.230. The predicted molar refractivity (Wildman–Crippen MR) is 84.1 cm³/mol. The van der Waals surface area contributed by atoms with Gasteiger partial charge in [0.1, 0.15) is 0 Å². The third-order valence-corrected chi connectivity index (χ3v) is 5.72. The summed E-state index contributed by atoms with van der Waals surface area (Å²) in [6.07, 6.45) is 3.78. The highest BCUT2D eigenvalue weighted by Gasteiger charge is 2.39. The lowest BCUT2D eigenvalue weighted by atomic mass is 9.75. The topological polar surface area (TPSA) is 23.6 Å². The Bertz CT molecular complexity index is 454. The first-order valence-corrected chi connectivity index (χ1v) is 8.18. The van der Waals surface area contributed by atoms with Gasteiger partial charge in [-0.15, -0.1) is 11.3 Å². The molecular formula is C14H21BrN2OS. The van der Waals surface area contributed by atoms with Crippen LogP contribution >= 0.6 is 27.3 Å². The van der Waals surface area contributed by atoms with Gasteiger partial charge in [0.2, 0.25) is 0 Å². The van der Waals surface area contributed by atoms with Gasteiger partial charge >= 0.3 is 0 Å². The number of carbonyl (C=O) groups is 1. The van der Waals surface area contributed by atoms with Crippen molar-refractivity contribution in [1.82, 2.24) is 9.80 Å². The highest BCUT2D eigenvalue weighted by molar-refractivity contribution is 9.11. The van der Waals surface area contributed by atoms with Crippen molar-refractivity contribution in [2.24, 2.45) is 0 Å². The van der Waals surface area contributed by atoms with Gasteiger partial charge in [0.05, 0.1) is 15.2 Å². The fraction of sp³-hybridized carbons (Fsp3) is 0.643. The molecule has 0 radical (unpaired) electrons. The third-order valence-electron chi connectivity index (χ3n) is 4.06. The van der Waals surface area contributed by atoms with Crippen molar-refractivity contribution >= 4 is 33.0 Å². The Morgan fingerprint density at radius 1 is 1.37 bits per heavy atom. The minimum Gasteiger partial charge on any atom is -0.302 e. The molecule has 1 aromatic heterocycles. The predicted octanol–water partition coefficient (Wildman–Crippen LogP) is 3.11. The van der Waals surface area contributed by atoms with Crippen molar-refractivity contribution in [1.29, 1.82) is 0 Å². The van der Waals surface area contributed by atoms with E-state index in [1.165, 1.54) is 30.6 Å². The molecule has 1 fully saturated rings. The van der Waals surface area contributed by atoms with E-state index in [4.69, 9.17) is 0 Å². The lowest BCUT2D eigenvalue weighted by molar-refractivity contribution is 0.0281. The van der Waals surface area contributed by atoms with Crippen LogP contribution in [0.4, 0.5) is 0 Å². The Labute approximate surface area is 127 Å². The second-order valence-corrected chi connectivity index (χ2v) is 8.13. The van der Waals surface area contributed by atoms with E-state index in [1.807, 2.05) is 19.2 Å². The molecule has 0 bridgehead atoms. The summed E-state index contributed by atoms with van der Waals surface area (Å²) < 4.78 is 1.02. The summed E-state index contributed by atoms with van der Waals surface area (Å²) in [5, 5.41) is 0. The van der Waals surface area contributed by atoms with E-state index in [2.05, 4.69) is 39.8 Å². The lowest BCUT2D eigenvalue weighted by Crippen LogP contribution is -2.57. The third kappa shape index (κ3) is 3.45. The zero-order valence-electron chi connectivity index (χ0n) is 11.8. The molecule has 5 heteroatoms. The number of halogens is 1. The summed E-state index contributed by atoms with van der Waals surface area (Å²) in [5.41, 5.74) is 0.283. The highest BCUT2D eigenvalue weighted by atomic mass is 79.9. The number of rotatable bonds is 6. The Balaban J connectivity index is 1.90. The van der Waals surface area contributed by atoms with Crippen LogP contribution in [-0.2, 0) is 0 Å². The molecule has 0 amide bonds. The minimum absolute atomic E-state index is 0.214. The number of thiophene rings is 1. The number of carbonyl (C=O) groups excluding carboxylic acids is 1. The molecule has 0 unspecified atom stereocenters. The molecule has 1 aliphatic carbocycles. The summed E-state index contributed by atoms with van der Waals surface area (Å²) in [5.74, 6) is 0.214. The number of hydrogen-bond donors (Lipinski definition) is 0. The van der Waals surface area contributed by atoms with E-state index in [9.17, 15) is 4.79 Å². The lowest BCUT2D eigenvalue weighted by Gasteiger charge is -2.49. The smallest absolute Gasteiger partial charge is 0.186 e. The van der Waals surface area contributed by atoms with Gasteiger partial charge in [0.15, 0.2) is 5.78 Å². The van der Waals surface area contributed by atoms with Crippen LogP contribution in [0, 0.1) is 0 Å². The van der Waals surface area contributed by atoms with Crippen LogP contribution in [0.15, 0.2) is 15.9 Å². The standard InChI is InChI=1S/C14H21BrN2OS/c1-16(2)14(7-4-8-14)10-17(3)9-11(18)12-5-6-13(15)19-12/h5-6H,4,7-10H2,1-3H3. The van der Waals surface area contributed by atoms with E-state index in [1.54, 1.807) is 0 Å². The second kappa shape index (κ2) is 6.04. The molecule has 0 saturated heterocycles. The van der Waals surface area contributed by atoms with Crippen LogP contribution in [0.2, 0.25) is 0 Å². The maximum absolute atomic E-state index is 12.2. The van der Waals surface area contributed by atoms with Gasteiger partial charge in [-0.1, -0.05) is 0 Å². The van der Waals surface area contributed by atoms with Crippen LogP contribution < -0.4 is 0 Å². The number of nitrogens with zero attached hydrogens (tertiary/aromatic N) is 2. The van der Waals surface area contributed by atoms with Gasteiger partial charge in [0.25, 0.3) is 0 Å². The van der Waals surface area contributed by atoms with Crippen molar-refractivity contribution in [3.8, 4) is 0 Å². The van der Waals surface area contributed by atoms with Gasteiger partial charge in [-0.25, -0.2) is 0 Å². The maximum atomic E-state index is 12.2. The molecule has 0 spiro atoms. The van der Waals surface area contributed by atoms with Crippen LogP contribution in [-0.4, -0.2) is 55.4 Å². The summed E-state index contributed by atoms with van der Waals surface area (Å²) >= 11 is 4.91. The van der Waals surface area contributed by atoms with Crippen molar-refractivity contribution in [2.45, 2.75) is 24.8 Å². The molecule has 1 heterocycles. The molecule has 106 valence electrons. The normalized spacial score (nSPS) is 17.8. The van der Waals surface area contributed by atoms with Gasteiger partial charge in [-0.2, -0.15) is 0 Å². The Morgan fingerprint density at radius 2 is 2.05 bits per heavy atom. The first-order valence-electron chi connectivity index (χ1n) is 6.57. The average Bonchev–Trinajstić information content (AvgIpc) is 2.69. The first kappa shape index (κ1) is 15.2. The van der Waals surface area contributed by atoms with Crippen molar-refractivity contribution < 1.29 is 4.79 Å². The molecule has 1 aliphatic rings. The average molecular weight is 345 g/mol. The van der Waals surface area contributed by atoms with Crippen molar-refractivity contribution in [2.75, 3.05) is 34.2 Å². The van der Waals surface area contributed by atoms with Crippen molar-refractivity contribution in [3.05, 3.63) is 20.8 Å². The van der Waals surface area contributed by atoms with E-state index >= 15 is 0 Å². The van der Waals surface area contributed by atoms with Crippen LogP contribution in [0.1, 0.15) is 28.9 Å². The number of Topliss-reactive ketones (excluding diaryl/α,β-unsaturated/α-hetero) is 1. The molecule has 3 nitrogen and oxygen atoms in total. The fourth-order valence-electron chi connectivity index (χ4n) is 2.68. The summed E-state index contributed by atoms with van der Waals surface area (Å²) in [6, 6.07) is 3.83. The van der Waals surface area contributed by atoms with Gasteiger partial charge in [0, 0.05) is 12.1 Å². The molecule has 19 heavy (non-hydrogen) atoms. The largest absolute Gasteiger partial charge is 0.302 e. The molecule has 0 aliphatic heterocycles. The summed E-state index contributed by atoms with van der Waals surface area (Å²) in [7, 11) is 6.33. The first-order chi connectivity index (χ1) is 8.93. The van der Waals surface area contributed by atoms with Gasteiger partial charge in [-0.3, -0.25) is 9.69 Å². The number of ketones is 1. The SMILES string of the molecule is CN(CC(=O)c1ccc(Br)s1)CC1(N(C)C)CCC1. The molecule has 1 aromatic rings. The molecular weight excluding hydrogens is 324 g/mol. The molecule has 0 atom stereocenters. The van der Waals surface area contributed by atoms with E-state index in [-0.39, 0.29) is 11.3 Å². The van der Waals surface area contributed by atoms with Gasteiger partial charge in [-0.05, 0) is 68.5 Å². The highest BCUT2D eigenvalue weighted by Crippen LogP contribution is 2.36. The van der Waals surface area contributed by atoms with E-state index in [0.29, 0.717) is 6.54 Å². The van der Waals surface area contributed by atoms with Crippen LogP contribution in [0.3, 0.4) is 0 Å². The van der Waals surface area contributed by atoms with Crippen LogP contribution in [0.25, 0.3) is 0 Å². The molecule has 2 rings (SSSR count). The Kier molecular flexibility index (Phi) is 4.82. The van der Waals surface area contributed by atoms with Crippen LogP contribution in [0.5, 0.6) is 0 Å². The zero-order chi connectivity index (χ0) is 14.0. The molecule has 0 N–H and O–H groups in total. The number of likely N-dealkylation sites (N-methyl/N-ethyl adjacent to an activating group) is 2. The Morgan fingerprint density at radius 3 is 2.47 bits per heavy atom. The van der Waals surface area contributed by atoms with E-state index in [0.717, 1.165) is 15.2 Å². The zero-order valence-corrected chi connectivity index (χ0v) is 14.2. The summed E-state index contributed by atoms with van der Waals surface area (Å²) in [6.45, 7) is 1.47. The molecule has 0 aromatic carbocycles. The van der Waals surface area contributed by atoms with Crippen molar-refractivity contribution in [3.63, 3.8) is 0 Å². The van der Waals surface area contributed by atoms with Gasteiger partial charge < -0.3 is 4.90 Å². The fourth-order valence-corrected chi connectivity index (χ4v) is 3.99. The molecule has 1 saturated carbocycles. The summed E-state index contributed by atoms with van der Waals surface area (Å²) in [4.78, 5) is 17.5. The number of hydrogen-bond acceptors (Lipinski definition) is 4. The minimum atomic E-state index is 0.214. The monoisotopic (exact) mass is 344 g/mol. The quantitative estimate of drug-likeness (QED) is 0.740. The maximum Gasteiger partial charge on any atom is 0.186 e. The van der Waals surface area contributed by atoms with E-state index < -0.39 is 0 Å². The second-order valence-electron chi connectivity index (χ2n) is 5.67.